The molecule has 0 bridgehead atoms. The number of amides is 1. The zero-order chi connectivity index (χ0) is 15.2. The number of H-pyrrole nitrogens is 1. The van der Waals surface area contributed by atoms with E-state index in [0.29, 0.717) is 11.4 Å². The number of aromatic amines is 1. The maximum atomic E-state index is 11.8. The van der Waals surface area contributed by atoms with Crippen molar-refractivity contribution in [3.63, 3.8) is 0 Å². The van der Waals surface area contributed by atoms with Crippen LogP contribution in [0, 0.1) is 10.1 Å². The van der Waals surface area contributed by atoms with E-state index >= 15 is 0 Å². The first-order valence-electron chi connectivity index (χ1n) is 6.15. The molecule has 0 aliphatic rings. The number of nitrogens with zero attached hydrogens (tertiary/aromatic N) is 3. The van der Waals surface area contributed by atoms with E-state index in [9.17, 15) is 14.9 Å². The molecule has 1 atom stereocenters. The Hall–Kier alpha value is -3.03. The molecular weight excluding hydrogens is 274 g/mol. The van der Waals surface area contributed by atoms with Crippen molar-refractivity contribution >= 4 is 17.7 Å². The number of hydrogen-bond donors (Lipinski definition) is 2. The predicted molar refractivity (Wildman–Crippen MR) is 75.1 cm³/mol. The molecule has 1 aromatic heterocycles. The Bertz CT molecular complexity index is 666. The zero-order valence-corrected chi connectivity index (χ0v) is 11.2. The van der Waals surface area contributed by atoms with Crippen LogP contribution in [0.2, 0.25) is 0 Å². The van der Waals surface area contributed by atoms with Gasteiger partial charge in [-0.3, -0.25) is 20.0 Å². The average molecular weight is 287 g/mol. The van der Waals surface area contributed by atoms with Crippen LogP contribution in [0.25, 0.3) is 6.08 Å². The van der Waals surface area contributed by atoms with E-state index in [-0.39, 0.29) is 17.6 Å². The second-order valence-corrected chi connectivity index (χ2v) is 4.25. The third kappa shape index (κ3) is 3.72. The summed E-state index contributed by atoms with van der Waals surface area (Å²) < 4.78 is 0. The molecule has 0 spiro atoms. The van der Waals surface area contributed by atoms with Crippen molar-refractivity contribution in [1.29, 1.82) is 0 Å². The number of para-hydroxylation sites is 1. The highest BCUT2D eigenvalue weighted by molar-refractivity contribution is 5.92. The van der Waals surface area contributed by atoms with Gasteiger partial charge in [0.25, 0.3) is 5.69 Å². The maximum Gasteiger partial charge on any atom is 0.276 e. The van der Waals surface area contributed by atoms with Gasteiger partial charge in [-0.05, 0) is 19.1 Å². The molecule has 1 aromatic carbocycles. The van der Waals surface area contributed by atoms with Crippen molar-refractivity contribution in [2.45, 2.75) is 13.0 Å². The zero-order valence-electron chi connectivity index (χ0n) is 11.2. The summed E-state index contributed by atoms with van der Waals surface area (Å²) in [5, 5.41) is 19.9. The van der Waals surface area contributed by atoms with Crippen LogP contribution in [-0.2, 0) is 4.79 Å². The minimum Gasteiger partial charge on any atom is -0.343 e. The largest absolute Gasteiger partial charge is 0.343 e. The van der Waals surface area contributed by atoms with Gasteiger partial charge in [-0.15, -0.1) is 0 Å². The summed E-state index contributed by atoms with van der Waals surface area (Å²) in [5.74, 6) is 0.152. The highest BCUT2D eigenvalue weighted by Gasteiger charge is 2.12. The van der Waals surface area contributed by atoms with Crippen molar-refractivity contribution in [3.05, 3.63) is 58.2 Å². The normalized spacial score (nSPS) is 12.2. The smallest absolute Gasteiger partial charge is 0.276 e. The van der Waals surface area contributed by atoms with Gasteiger partial charge in [-0.1, -0.05) is 12.1 Å². The fraction of sp³-hybridized carbons (Fsp3) is 0.154. The first-order valence-corrected chi connectivity index (χ1v) is 6.15. The number of carbonyl (C=O) groups is 1. The summed E-state index contributed by atoms with van der Waals surface area (Å²) in [5.41, 5.74) is 0.315. The summed E-state index contributed by atoms with van der Waals surface area (Å²) in [4.78, 5) is 26.1. The molecule has 0 radical (unpaired) electrons. The highest BCUT2D eigenvalue weighted by atomic mass is 16.6. The molecule has 108 valence electrons. The number of benzene rings is 1. The molecule has 1 unspecified atom stereocenters. The lowest BCUT2D eigenvalue weighted by molar-refractivity contribution is -0.385. The number of carbonyl (C=O) groups excluding carboxylic acids is 1. The lowest BCUT2D eigenvalue weighted by atomic mass is 10.1. The SMILES string of the molecule is CC(NC(=O)/C=C/c1ccccc1[N+](=O)[O-])c1ncn[nH]1. The Morgan fingerprint density at radius 2 is 2.24 bits per heavy atom. The molecule has 0 fully saturated rings. The number of aromatic nitrogens is 3. The van der Waals surface area contributed by atoms with Crippen molar-refractivity contribution in [3.8, 4) is 0 Å². The minimum atomic E-state index is -0.491. The van der Waals surface area contributed by atoms with Gasteiger partial charge in [-0.2, -0.15) is 5.10 Å². The van der Waals surface area contributed by atoms with E-state index in [0.717, 1.165) is 0 Å². The molecule has 2 rings (SSSR count). The van der Waals surface area contributed by atoms with Crippen LogP contribution >= 0.6 is 0 Å². The monoisotopic (exact) mass is 287 g/mol. The van der Waals surface area contributed by atoms with Gasteiger partial charge in [0, 0.05) is 12.1 Å². The van der Waals surface area contributed by atoms with Crippen LogP contribution in [0.3, 0.4) is 0 Å². The van der Waals surface area contributed by atoms with Crippen LogP contribution in [0.5, 0.6) is 0 Å². The van der Waals surface area contributed by atoms with E-state index in [1.54, 1.807) is 25.1 Å². The van der Waals surface area contributed by atoms with E-state index in [4.69, 9.17) is 0 Å². The molecule has 21 heavy (non-hydrogen) atoms. The Morgan fingerprint density at radius 3 is 2.90 bits per heavy atom. The quantitative estimate of drug-likeness (QED) is 0.492. The molecule has 1 heterocycles. The maximum absolute atomic E-state index is 11.8. The molecule has 1 amide bonds. The summed E-state index contributed by atoms with van der Waals surface area (Å²) >= 11 is 0. The standard InChI is InChI=1S/C13H13N5O3/c1-9(13-14-8-15-17-13)16-12(19)7-6-10-4-2-3-5-11(10)18(20)21/h2-9H,1H3,(H,16,19)(H,14,15,17)/b7-6+. The number of hydrogen-bond acceptors (Lipinski definition) is 5. The number of nitro benzene ring substituents is 1. The van der Waals surface area contributed by atoms with E-state index in [1.807, 2.05) is 0 Å². The second-order valence-electron chi connectivity index (χ2n) is 4.25. The van der Waals surface area contributed by atoms with Crippen LogP contribution in [-0.4, -0.2) is 26.0 Å². The summed E-state index contributed by atoms with van der Waals surface area (Å²) in [7, 11) is 0. The van der Waals surface area contributed by atoms with E-state index in [2.05, 4.69) is 20.5 Å². The topological polar surface area (TPSA) is 114 Å². The molecule has 2 aromatic rings. The lowest BCUT2D eigenvalue weighted by Gasteiger charge is -2.08. The van der Waals surface area contributed by atoms with Crippen molar-refractivity contribution in [2.24, 2.45) is 0 Å². The average Bonchev–Trinajstić information content (AvgIpc) is 2.99. The Labute approximate surface area is 120 Å². The molecule has 0 aliphatic carbocycles. The van der Waals surface area contributed by atoms with Crippen molar-refractivity contribution < 1.29 is 9.72 Å². The molecule has 0 aliphatic heterocycles. The third-order valence-electron chi connectivity index (χ3n) is 2.75. The van der Waals surface area contributed by atoms with Crippen LogP contribution < -0.4 is 5.32 Å². The van der Waals surface area contributed by atoms with Crippen molar-refractivity contribution in [1.82, 2.24) is 20.5 Å². The first kappa shape index (κ1) is 14.4. The molecule has 0 saturated heterocycles. The third-order valence-corrected chi connectivity index (χ3v) is 2.75. The highest BCUT2D eigenvalue weighted by Crippen LogP contribution is 2.18. The summed E-state index contributed by atoms with van der Waals surface area (Å²) in [6.45, 7) is 1.75. The fourth-order valence-corrected chi connectivity index (χ4v) is 1.71. The summed E-state index contributed by atoms with van der Waals surface area (Å²) in [6.07, 6.45) is 4.00. The number of rotatable bonds is 5. The lowest BCUT2D eigenvalue weighted by Crippen LogP contribution is -2.25. The molecule has 8 nitrogen and oxygen atoms in total. The molecule has 8 heteroatoms. The Balaban J connectivity index is 2.04. The van der Waals surface area contributed by atoms with Crippen LogP contribution in [0.4, 0.5) is 5.69 Å². The van der Waals surface area contributed by atoms with Crippen LogP contribution in [0.1, 0.15) is 24.4 Å². The van der Waals surface area contributed by atoms with Crippen LogP contribution in [0.15, 0.2) is 36.7 Å². The number of nitro groups is 1. The van der Waals surface area contributed by atoms with Gasteiger partial charge in [0.05, 0.1) is 16.5 Å². The second kappa shape index (κ2) is 6.42. The summed E-state index contributed by atoms with van der Waals surface area (Å²) in [6, 6.07) is 5.86. The Kier molecular flexibility index (Phi) is 4.39. The fourth-order valence-electron chi connectivity index (χ4n) is 1.71. The Morgan fingerprint density at radius 1 is 1.48 bits per heavy atom. The molecule has 0 saturated carbocycles. The molecular formula is C13H13N5O3. The van der Waals surface area contributed by atoms with Gasteiger partial charge in [0.1, 0.15) is 12.2 Å². The van der Waals surface area contributed by atoms with E-state index < -0.39 is 4.92 Å². The first-order chi connectivity index (χ1) is 10.1. The predicted octanol–water partition coefficient (Wildman–Crippen LogP) is 1.60. The minimum absolute atomic E-state index is 0.0511. The molecule has 2 N–H and O–H groups in total. The number of nitrogens with one attached hydrogen (secondary N) is 2. The van der Waals surface area contributed by atoms with Gasteiger partial charge in [-0.25, -0.2) is 4.98 Å². The van der Waals surface area contributed by atoms with Gasteiger partial charge in [0.15, 0.2) is 0 Å². The van der Waals surface area contributed by atoms with Gasteiger partial charge in [0.2, 0.25) is 5.91 Å². The van der Waals surface area contributed by atoms with Gasteiger partial charge < -0.3 is 5.32 Å². The van der Waals surface area contributed by atoms with Crippen molar-refractivity contribution in [2.75, 3.05) is 0 Å². The van der Waals surface area contributed by atoms with Gasteiger partial charge >= 0.3 is 0 Å². The van der Waals surface area contributed by atoms with E-state index in [1.165, 1.54) is 24.5 Å².